The number of nitrogens with one attached hydrogen (secondary N) is 1. The van der Waals surface area contributed by atoms with Crippen molar-refractivity contribution in [3.05, 3.63) is 59.4 Å². The zero-order valence-electron chi connectivity index (χ0n) is 15.8. The Morgan fingerprint density at radius 3 is 2.61 bits per heavy atom. The molecule has 1 aliphatic rings. The van der Waals surface area contributed by atoms with Gasteiger partial charge < -0.3 is 9.64 Å². The number of nitrogens with zero attached hydrogens (tertiary/aromatic N) is 1. The van der Waals surface area contributed by atoms with Crippen molar-refractivity contribution in [2.75, 3.05) is 17.0 Å². The van der Waals surface area contributed by atoms with Crippen molar-refractivity contribution in [2.24, 2.45) is 0 Å². The summed E-state index contributed by atoms with van der Waals surface area (Å²) in [6.45, 7) is 4.01. The lowest BCUT2D eigenvalue weighted by atomic mass is 10.1. The van der Waals surface area contributed by atoms with Gasteiger partial charge >= 0.3 is 0 Å². The monoisotopic (exact) mass is 406 g/mol. The van der Waals surface area contributed by atoms with Crippen molar-refractivity contribution in [3.63, 3.8) is 0 Å². The van der Waals surface area contributed by atoms with E-state index in [-0.39, 0.29) is 17.5 Å². The van der Waals surface area contributed by atoms with Gasteiger partial charge in [-0.1, -0.05) is 12.1 Å². The van der Waals surface area contributed by atoms with Crippen molar-refractivity contribution >= 4 is 21.6 Å². The molecule has 3 rings (SSSR count). The average Bonchev–Trinajstić information content (AvgIpc) is 2.78. The topological polar surface area (TPSA) is 75.7 Å². The third-order valence-corrected chi connectivity index (χ3v) is 5.93. The third kappa shape index (κ3) is 4.81. The molecule has 1 atom stereocenters. The number of ether oxygens (including phenoxy) is 1. The summed E-state index contributed by atoms with van der Waals surface area (Å²) in [7, 11) is -3.40. The van der Waals surface area contributed by atoms with Crippen LogP contribution in [0.5, 0.6) is 5.75 Å². The van der Waals surface area contributed by atoms with Gasteiger partial charge in [-0.05, 0) is 56.2 Å². The Kier molecular flexibility index (Phi) is 5.88. The number of carbonyl (C=O) groups excluding carboxylic acids is 1. The Labute approximate surface area is 164 Å². The summed E-state index contributed by atoms with van der Waals surface area (Å²) in [5.41, 5.74) is 2.09. The molecule has 0 spiro atoms. The van der Waals surface area contributed by atoms with Gasteiger partial charge in [0.05, 0.1) is 5.75 Å². The lowest BCUT2D eigenvalue weighted by Crippen LogP contribution is -2.39. The zero-order valence-corrected chi connectivity index (χ0v) is 16.6. The molecular weight excluding hydrogens is 383 g/mol. The second kappa shape index (κ2) is 8.18. The number of halogens is 1. The van der Waals surface area contributed by atoms with Gasteiger partial charge in [-0.3, -0.25) is 9.52 Å². The van der Waals surface area contributed by atoms with Crippen LogP contribution in [0.1, 0.15) is 25.0 Å². The highest BCUT2D eigenvalue weighted by atomic mass is 32.2. The Morgan fingerprint density at radius 1 is 1.21 bits per heavy atom. The Bertz CT molecular complexity index is 961. The van der Waals surface area contributed by atoms with Crippen LogP contribution in [-0.2, 0) is 27.8 Å². The van der Waals surface area contributed by atoms with Crippen LogP contribution < -0.4 is 9.46 Å². The molecule has 0 fully saturated rings. The first-order valence-electron chi connectivity index (χ1n) is 9.10. The highest BCUT2D eigenvalue weighted by Gasteiger charge is 2.28. The summed E-state index contributed by atoms with van der Waals surface area (Å²) in [5.74, 6) is 0.0890. The molecule has 0 aromatic heterocycles. The van der Waals surface area contributed by atoms with Crippen molar-refractivity contribution in [3.8, 4) is 5.75 Å². The van der Waals surface area contributed by atoms with E-state index in [4.69, 9.17) is 4.74 Å². The van der Waals surface area contributed by atoms with Crippen LogP contribution in [0.25, 0.3) is 0 Å². The van der Waals surface area contributed by atoms with E-state index in [1.807, 2.05) is 0 Å². The molecule has 0 aliphatic carbocycles. The van der Waals surface area contributed by atoms with E-state index in [9.17, 15) is 17.6 Å². The van der Waals surface area contributed by atoms with E-state index >= 15 is 0 Å². The fraction of sp³-hybridized carbons (Fsp3) is 0.350. The molecule has 0 radical (unpaired) electrons. The smallest absolute Gasteiger partial charge is 0.263 e. The molecule has 1 heterocycles. The summed E-state index contributed by atoms with van der Waals surface area (Å²) in [4.78, 5) is 14.4. The molecule has 28 heavy (non-hydrogen) atoms. The number of carbonyl (C=O) groups is 1. The van der Waals surface area contributed by atoms with Crippen molar-refractivity contribution < 1.29 is 22.3 Å². The highest BCUT2D eigenvalue weighted by molar-refractivity contribution is 7.92. The number of hydrogen-bond acceptors (Lipinski definition) is 4. The predicted molar refractivity (Wildman–Crippen MR) is 105 cm³/mol. The van der Waals surface area contributed by atoms with Crippen LogP contribution in [0.2, 0.25) is 0 Å². The molecule has 2 aromatic rings. The highest BCUT2D eigenvalue weighted by Crippen LogP contribution is 2.29. The minimum absolute atomic E-state index is 0.0279. The molecule has 1 aliphatic heterocycles. The summed E-state index contributed by atoms with van der Waals surface area (Å²) in [6, 6.07) is 11.2. The number of fused-ring (bicyclic) bond motifs is 1. The van der Waals surface area contributed by atoms with E-state index in [0.717, 1.165) is 11.1 Å². The van der Waals surface area contributed by atoms with Crippen LogP contribution in [-0.4, -0.2) is 37.6 Å². The van der Waals surface area contributed by atoms with E-state index in [1.165, 1.54) is 12.1 Å². The first-order valence-corrected chi connectivity index (χ1v) is 10.8. The summed E-state index contributed by atoms with van der Waals surface area (Å²) < 4.78 is 45.0. The second-order valence-corrected chi connectivity index (χ2v) is 8.74. The predicted octanol–water partition coefficient (Wildman–Crippen LogP) is 2.94. The average molecular weight is 406 g/mol. The Balaban J connectivity index is 1.80. The van der Waals surface area contributed by atoms with Crippen molar-refractivity contribution in [1.29, 1.82) is 0 Å². The van der Waals surface area contributed by atoms with E-state index in [2.05, 4.69) is 4.72 Å². The number of benzene rings is 2. The zero-order chi connectivity index (χ0) is 20.3. The lowest BCUT2D eigenvalue weighted by molar-refractivity contribution is -0.137. The Morgan fingerprint density at radius 2 is 1.93 bits per heavy atom. The minimum Gasteiger partial charge on any atom is -0.481 e. The van der Waals surface area contributed by atoms with Gasteiger partial charge in [0.15, 0.2) is 6.10 Å². The molecule has 0 bridgehead atoms. The van der Waals surface area contributed by atoms with E-state index < -0.39 is 16.1 Å². The second-order valence-electron chi connectivity index (χ2n) is 6.72. The summed E-state index contributed by atoms with van der Waals surface area (Å²) in [6.07, 6.45) is -0.0661. The van der Waals surface area contributed by atoms with E-state index in [1.54, 1.807) is 49.1 Å². The first kappa shape index (κ1) is 20.1. The first-order chi connectivity index (χ1) is 13.3. The SMILES string of the molecule is CCS(=O)(=O)Nc1ccc2c(c1)CN(CCc1ccc(F)cc1)C(=O)C(C)O2. The van der Waals surface area contributed by atoms with Gasteiger partial charge in [-0.15, -0.1) is 0 Å². The van der Waals surface area contributed by atoms with Crippen LogP contribution in [0, 0.1) is 5.82 Å². The molecule has 1 N–H and O–H groups in total. The van der Waals surface area contributed by atoms with Gasteiger partial charge in [0, 0.05) is 24.3 Å². The Hall–Kier alpha value is -2.61. The normalized spacial score (nSPS) is 16.9. The van der Waals surface area contributed by atoms with Crippen LogP contribution in [0.15, 0.2) is 42.5 Å². The molecule has 2 aromatic carbocycles. The third-order valence-electron chi connectivity index (χ3n) is 4.62. The van der Waals surface area contributed by atoms with Gasteiger partial charge in [0.2, 0.25) is 10.0 Å². The van der Waals surface area contributed by atoms with Crippen molar-refractivity contribution in [2.45, 2.75) is 32.9 Å². The fourth-order valence-electron chi connectivity index (χ4n) is 3.02. The molecule has 8 heteroatoms. The van der Waals surface area contributed by atoms with Gasteiger partial charge in [0.1, 0.15) is 11.6 Å². The summed E-state index contributed by atoms with van der Waals surface area (Å²) >= 11 is 0. The van der Waals surface area contributed by atoms with E-state index in [0.29, 0.717) is 30.9 Å². The molecule has 0 saturated heterocycles. The van der Waals surface area contributed by atoms with Gasteiger partial charge in [-0.25, -0.2) is 12.8 Å². The number of anilines is 1. The largest absolute Gasteiger partial charge is 0.481 e. The molecule has 150 valence electrons. The molecule has 6 nitrogen and oxygen atoms in total. The number of amides is 1. The number of rotatable bonds is 6. The van der Waals surface area contributed by atoms with Crippen LogP contribution >= 0.6 is 0 Å². The molecule has 1 amide bonds. The van der Waals surface area contributed by atoms with Crippen LogP contribution in [0.3, 0.4) is 0 Å². The fourth-order valence-corrected chi connectivity index (χ4v) is 3.65. The van der Waals surface area contributed by atoms with Gasteiger partial charge in [-0.2, -0.15) is 0 Å². The van der Waals surface area contributed by atoms with Crippen LogP contribution in [0.4, 0.5) is 10.1 Å². The standard InChI is InChI=1S/C20H23FN2O4S/c1-3-28(25,26)22-18-8-9-19-16(12-18)13-23(20(24)14(2)27-19)11-10-15-4-6-17(21)7-5-15/h4-9,12,14,22H,3,10-11,13H2,1-2H3. The maximum Gasteiger partial charge on any atom is 0.263 e. The maximum atomic E-state index is 13.1. The summed E-state index contributed by atoms with van der Waals surface area (Å²) in [5, 5.41) is 0. The van der Waals surface area contributed by atoms with Crippen molar-refractivity contribution in [1.82, 2.24) is 4.90 Å². The molecular formula is C20H23FN2O4S. The number of sulfonamides is 1. The van der Waals surface area contributed by atoms with Gasteiger partial charge in [0.25, 0.3) is 5.91 Å². The molecule has 0 saturated carbocycles. The maximum absolute atomic E-state index is 13.1. The molecule has 1 unspecified atom stereocenters. The lowest BCUT2D eigenvalue weighted by Gasteiger charge is -2.22. The number of hydrogen-bond donors (Lipinski definition) is 1. The minimum atomic E-state index is -3.40. The quantitative estimate of drug-likeness (QED) is 0.800.